The predicted octanol–water partition coefficient (Wildman–Crippen LogP) is 1.46. The van der Waals surface area contributed by atoms with E-state index in [1.807, 2.05) is 19.1 Å². The first-order chi connectivity index (χ1) is 10.5. The number of carbonyl (C=O) groups excluding carboxylic acids is 2. The Labute approximate surface area is 132 Å². The van der Waals surface area contributed by atoms with Crippen LogP contribution in [0, 0.1) is 6.92 Å². The van der Waals surface area contributed by atoms with Gasteiger partial charge in [-0.25, -0.2) is 4.79 Å². The van der Waals surface area contributed by atoms with Crippen LogP contribution < -0.4 is 5.32 Å². The lowest BCUT2D eigenvalue weighted by atomic mass is 10.1. The molecule has 1 aromatic carbocycles. The van der Waals surface area contributed by atoms with Crippen molar-refractivity contribution in [3.8, 4) is 0 Å². The zero-order valence-electron chi connectivity index (χ0n) is 12.1. The number of fused-ring (bicyclic) bond motifs is 1. The van der Waals surface area contributed by atoms with Gasteiger partial charge in [0.05, 0.1) is 29.8 Å². The summed E-state index contributed by atoms with van der Waals surface area (Å²) in [5.41, 5.74) is 1.83. The van der Waals surface area contributed by atoms with E-state index in [2.05, 4.69) is 15.0 Å². The number of aromatic nitrogens is 1. The molecule has 0 aliphatic carbocycles. The molecule has 1 atom stereocenters. The number of methoxy groups -OCH3 is 1. The van der Waals surface area contributed by atoms with Crippen LogP contribution in [0.3, 0.4) is 0 Å². The standard InChI is InChI=1S/C15H15ClN2O4/c1-8-3-4-9-11(5-8)17-6-10(13(9)16)14(20)18-12(7-19)15(21)22-2/h3-6,12,19H,7H2,1-2H3,(H,18,20)/t12-/m0/s1. The van der Waals surface area contributed by atoms with Gasteiger partial charge < -0.3 is 15.2 Å². The van der Waals surface area contributed by atoms with Gasteiger partial charge in [-0.15, -0.1) is 0 Å². The average molecular weight is 323 g/mol. The van der Waals surface area contributed by atoms with Crippen molar-refractivity contribution >= 4 is 34.4 Å². The molecule has 2 aromatic rings. The number of carbonyl (C=O) groups is 2. The molecule has 1 amide bonds. The normalized spacial score (nSPS) is 12.0. The smallest absolute Gasteiger partial charge is 0.330 e. The minimum absolute atomic E-state index is 0.125. The van der Waals surface area contributed by atoms with Gasteiger partial charge >= 0.3 is 5.97 Å². The third-order valence-corrected chi connectivity index (χ3v) is 3.58. The zero-order chi connectivity index (χ0) is 16.3. The topological polar surface area (TPSA) is 88.5 Å². The van der Waals surface area contributed by atoms with Crippen molar-refractivity contribution in [3.63, 3.8) is 0 Å². The third-order valence-electron chi connectivity index (χ3n) is 3.18. The van der Waals surface area contributed by atoms with Crippen molar-refractivity contribution in [2.45, 2.75) is 13.0 Å². The van der Waals surface area contributed by atoms with E-state index in [4.69, 9.17) is 16.7 Å². The van der Waals surface area contributed by atoms with E-state index in [0.29, 0.717) is 10.9 Å². The van der Waals surface area contributed by atoms with E-state index in [1.165, 1.54) is 13.3 Å². The van der Waals surface area contributed by atoms with Crippen LogP contribution in [-0.4, -0.2) is 41.7 Å². The van der Waals surface area contributed by atoms with Gasteiger partial charge in [0.2, 0.25) is 0 Å². The molecule has 0 aliphatic heterocycles. The van der Waals surface area contributed by atoms with E-state index < -0.39 is 24.5 Å². The number of nitrogens with zero attached hydrogens (tertiary/aromatic N) is 1. The minimum Gasteiger partial charge on any atom is -0.467 e. The van der Waals surface area contributed by atoms with Gasteiger partial charge in [-0.1, -0.05) is 23.7 Å². The molecule has 0 spiro atoms. The molecule has 1 aromatic heterocycles. The average Bonchev–Trinajstić information content (AvgIpc) is 2.51. The first-order valence-corrected chi connectivity index (χ1v) is 6.90. The van der Waals surface area contributed by atoms with E-state index >= 15 is 0 Å². The maximum Gasteiger partial charge on any atom is 0.330 e. The second kappa shape index (κ2) is 6.72. The van der Waals surface area contributed by atoms with Crippen LogP contribution in [0.2, 0.25) is 5.02 Å². The molecule has 0 unspecified atom stereocenters. The lowest BCUT2D eigenvalue weighted by molar-refractivity contribution is -0.143. The number of hydrogen-bond acceptors (Lipinski definition) is 5. The van der Waals surface area contributed by atoms with Crippen molar-refractivity contribution in [2.24, 2.45) is 0 Å². The number of amides is 1. The van der Waals surface area contributed by atoms with Crippen molar-refractivity contribution < 1.29 is 19.4 Å². The van der Waals surface area contributed by atoms with Crippen molar-refractivity contribution in [1.29, 1.82) is 0 Å². The monoisotopic (exact) mass is 322 g/mol. The van der Waals surface area contributed by atoms with Crippen molar-refractivity contribution in [3.05, 3.63) is 40.5 Å². The highest BCUT2D eigenvalue weighted by atomic mass is 35.5. The Bertz CT molecular complexity index is 733. The van der Waals surface area contributed by atoms with Crippen LogP contribution in [-0.2, 0) is 9.53 Å². The number of aliphatic hydroxyl groups is 1. The molecule has 6 nitrogen and oxygen atoms in total. The van der Waals surface area contributed by atoms with E-state index in [1.54, 1.807) is 6.07 Å². The maximum atomic E-state index is 12.2. The van der Waals surface area contributed by atoms with Gasteiger partial charge in [-0.2, -0.15) is 0 Å². The van der Waals surface area contributed by atoms with Crippen molar-refractivity contribution in [1.82, 2.24) is 10.3 Å². The number of aryl methyl sites for hydroxylation is 1. The molecule has 0 saturated carbocycles. The fourth-order valence-corrected chi connectivity index (χ4v) is 2.28. The quantitative estimate of drug-likeness (QED) is 0.832. The highest BCUT2D eigenvalue weighted by Gasteiger charge is 2.23. The Morgan fingerprint density at radius 2 is 2.18 bits per heavy atom. The fourth-order valence-electron chi connectivity index (χ4n) is 1.99. The molecule has 1 heterocycles. The van der Waals surface area contributed by atoms with Gasteiger partial charge in [0.25, 0.3) is 5.91 Å². The zero-order valence-corrected chi connectivity index (χ0v) is 12.8. The summed E-state index contributed by atoms with van der Waals surface area (Å²) < 4.78 is 4.49. The largest absolute Gasteiger partial charge is 0.467 e. The van der Waals surface area contributed by atoms with E-state index in [0.717, 1.165) is 5.56 Å². The number of nitrogens with one attached hydrogen (secondary N) is 1. The molecular formula is C15H15ClN2O4. The molecule has 0 aliphatic rings. The lowest BCUT2D eigenvalue weighted by Gasteiger charge is -2.14. The van der Waals surface area contributed by atoms with Crippen molar-refractivity contribution in [2.75, 3.05) is 13.7 Å². The number of rotatable bonds is 4. The minimum atomic E-state index is -1.15. The molecular weight excluding hydrogens is 308 g/mol. The van der Waals surface area contributed by atoms with Crippen LogP contribution in [0.5, 0.6) is 0 Å². The molecule has 0 saturated heterocycles. The molecule has 2 N–H and O–H groups in total. The molecule has 116 valence electrons. The van der Waals surface area contributed by atoms with Gasteiger partial charge in [0.1, 0.15) is 0 Å². The number of benzene rings is 1. The summed E-state index contributed by atoms with van der Waals surface area (Å²) in [4.78, 5) is 27.8. The maximum absolute atomic E-state index is 12.2. The number of ether oxygens (including phenoxy) is 1. The number of hydrogen-bond donors (Lipinski definition) is 2. The SMILES string of the molecule is COC(=O)[C@H](CO)NC(=O)c1cnc2cc(C)ccc2c1Cl. The predicted molar refractivity (Wildman–Crippen MR) is 81.8 cm³/mol. The first kappa shape index (κ1) is 16.2. The molecule has 22 heavy (non-hydrogen) atoms. The van der Waals surface area contributed by atoms with Gasteiger partial charge in [-0.05, 0) is 18.6 Å². The third kappa shape index (κ3) is 3.18. The summed E-state index contributed by atoms with van der Waals surface area (Å²) >= 11 is 6.25. The highest BCUT2D eigenvalue weighted by molar-refractivity contribution is 6.38. The van der Waals surface area contributed by atoms with Crippen LogP contribution in [0.4, 0.5) is 0 Å². The van der Waals surface area contributed by atoms with Crippen LogP contribution in [0.25, 0.3) is 10.9 Å². The van der Waals surface area contributed by atoms with Gasteiger partial charge in [-0.3, -0.25) is 9.78 Å². The molecule has 2 rings (SSSR count). The summed E-state index contributed by atoms with van der Waals surface area (Å²) in [5.74, 6) is -1.35. The summed E-state index contributed by atoms with van der Waals surface area (Å²) in [6, 6.07) is 4.35. The van der Waals surface area contributed by atoms with Crippen LogP contribution in [0.1, 0.15) is 15.9 Å². The van der Waals surface area contributed by atoms with Gasteiger partial charge in [0.15, 0.2) is 6.04 Å². The van der Waals surface area contributed by atoms with Crippen LogP contribution >= 0.6 is 11.6 Å². The summed E-state index contributed by atoms with van der Waals surface area (Å²) in [6.07, 6.45) is 1.34. The first-order valence-electron chi connectivity index (χ1n) is 6.52. The second-order valence-corrected chi connectivity index (χ2v) is 5.12. The van der Waals surface area contributed by atoms with E-state index in [-0.39, 0.29) is 10.6 Å². The Morgan fingerprint density at radius 1 is 1.45 bits per heavy atom. The Hall–Kier alpha value is -2.18. The number of pyridine rings is 1. The number of aliphatic hydroxyl groups excluding tert-OH is 1. The summed E-state index contributed by atoms with van der Waals surface area (Å²) in [5, 5.41) is 12.4. The summed E-state index contributed by atoms with van der Waals surface area (Å²) in [6.45, 7) is 1.36. The van der Waals surface area contributed by atoms with Gasteiger partial charge in [0, 0.05) is 11.6 Å². The fraction of sp³-hybridized carbons (Fsp3) is 0.267. The molecule has 7 heteroatoms. The summed E-state index contributed by atoms with van der Waals surface area (Å²) in [7, 11) is 1.17. The number of halogens is 1. The molecule has 0 radical (unpaired) electrons. The second-order valence-electron chi connectivity index (χ2n) is 4.74. The lowest BCUT2D eigenvalue weighted by Crippen LogP contribution is -2.44. The Balaban J connectivity index is 2.34. The van der Waals surface area contributed by atoms with E-state index in [9.17, 15) is 9.59 Å². The Kier molecular flexibility index (Phi) is 4.95. The number of esters is 1. The van der Waals surface area contributed by atoms with Crippen LogP contribution in [0.15, 0.2) is 24.4 Å². The molecule has 0 fully saturated rings. The highest BCUT2D eigenvalue weighted by Crippen LogP contribution is 2.26. The molecule has 0 bridgehead atoms. The Morgan fingerprint density at radius 3 is 2.82 bits per heavy atom.